The van der Waals surface area contributed by atoms with Crippen LogP contribution in [0.15, 0.2) is 4.99 Å². The predicted octanol–water partition coefficient (Wildman–Crippen LogP) is 0.704. The molecule has 21 heavy (non-hydrogen) atoms. The Kier molecular flexibility index (Phi) is 5.17. The van der Waals surface area contributed by atoms with Crippen molar-refractivity contribution in [3.63, 3.8) is 0 Å². The number of nitrogens with zero attached hydrogens (tertiary/aromatic N) is 4. The van der Waals surface area contributed by atoms with Crippen LogP contribution in [0.2, 0.25) is 0 Å². The molecular weight excluding hydrogens is 268 g/mol. The van der Waals surface area contributed by atoms with Gasteiger partial charge in [-0.2, -0.15) is 0 Å². The van der Waals surface area contributed by atoms with E-state index in [1.807, 2.05) is 13.8 Å². The predicted molar refractivity (Wildman–Crippen MR) is 82.2 cm³/mol. The van der Waals surface area contributed by atoms with Gasteiger partial charge in [0.15, 0.2) is 11.8 Å². The van der Waals surface area contributed by atoms with E-state index >= 15 is 0 Å². The number of guanidine groups is 1. The number of aromatic nitrogens is 3. The molecule has 0 radical (unpaired) electrons. The minimum absolute atomic E-state index is 0.231. The second-order valence-electron chi connectivity index (χ2n) is 5.88. The maximum absolute atomic E-state index is 5.39. The number of nitrogens with one attached hydrogen (secondary N) is 2. The minimum atomic E-state index is -0.231. The number of hydrogen-bond acceptors (Lipinski definition) is 4. The number of aliphatic imine (C=N–C) groups is 1. The molecule has 2 rings (SSSR count). The highest BCUT2D eigenvalue weighted by Gasteiger charge is 2.18. The van der Waals surface area contributed by atoms with Gasteiger partial charge in [-0.25, -0.2) is 0 Å². The molecule has 1 aliphatic rings. The van der Waals surface area contributed by atoms with Crippen molar-refractivity contribution in [3.05, 3.63) is 11.6 Å². The monoisotopic (exact) mass is 294 g/mol. The molecule has 7 nitrogen and oxygen atoms in total. The first-order chi connectivity index (χ1) is 10.1. The average molecular weight is 294 g/mol. The molecule has 118 valence electrons. The number of hydrogen-bond donors (Lipinski definition) is 2. The van der Waals surface area contributed by atoms with Gasteiger partial charge >= 0.3 is 0 Å². The van der Waals surface area contributed by atoms with E-state index < -0.39 is 0 Å². The normalized spacial score (nSPS) is 15.7. The first kappa shape index (κ1) is 15.8. The average Bonchev–Trinajstić information content (AvgIpc) is 2.91. The third-order valence-electron chi connectivity index (χ3n) is 3.81. The summed E-state index contributed by atoms with van der Waals surface area (Å²) in [6.45, 7) is 6.38. The van der Waals surface area contributed by atoms with Crippen LogP contribution in [0.4, 0.5) is 0 Å². The summed E-state index contributed by atoms with van der Waals surface area (Å²) in [5, 5.41) is 15.1. The van der Waals surface area contributed by atoms with Crippen molar-refractivity contribution in [2.45, 2.75) is 51.8 Å². The number of methoxy groups -OCH3 is 1. The highest BCUT2D eigenvalue weighted by Crippen LogP contribution is 2.13. The molecule has 0 saturated heterocycles. The largest absolute Gasteiger partial charge is 0.377 e. The molecule has 0 amide bonds. The minimum Gasteiger partial charge on any atom is -0.377 e. The lowest BCUT2D eigenvalue weighted by molar-refractivity contribution is 0.0268. The molecule has 0 unspecified atom stereocenters. The summed E-state index contributed by atoms with van der Waals surface area (Å²) in [5.74, 6) is 2.81. The van der Waals surface area contributed by atoms with E-state index in [9.17, 15) is 0 Å². The Morgan fingerprint density at radius 2 is 2.14 bits per heavy atom. The van der Waals surface area contributed by atoms with Crippen molar-refractivity contribution in [1.82, 2.24) is 25.4 Å². The van der Waals surface area contributed by atoms with Gasteiger partial charge in [-0.1, -0.05) is 0 Å². The quantitative estimate of drug-likeness (QED) is 0.618. The van der Waals surface area contributed by atoms with Gasteiger partial charge in [0.25, 0.3) is 0 Å². The third-order valence-corrected chi connectivity index (χ3v) is 3.81. The first-order valence-corrected chi connectivity index (χ1v) is 7.46. The number of ether oxygens (including phenoxy) is 1. The van der Waals surface area contributed by atoms with E-state index in [2.05, 4.69) is 30.4 Å². The molecule has 1 aliphatic heterocycles. The van der Waals surface area contributed by atoms with Crippen LogP contribution in [0.3, 0.4) is 0 Å². The van der Waals surface area contributed by atoms with Crippen molar-refractivity contribution in [2.75, 3.05) is 20.7 Å². The molecule has 1 aromatic rings. The van der Waals surface area contributed by atoms with E-state index in [0.717, 1.165) is 30.6 Å². The van der Waals surface area contributed by atoms with Crippen LogP contribution < -0.4 is 10.6 Å². The lowest BCUT2D eigenvalue weighted by Gasteiger charge is -2.24. The molecule has 7 heteroatoms. The zero-order valence-corrected chi connectivity index (χ0v) is 13.4. The van der Waals surface area contributed by atoms with Gasteiger partial charge in [-0.3, -0.25) is 4.99 Å². The fourth-order valence-corrected chi connectivity index (χ4v) is 2.25. The molecule has 1 aromatic heterocycles. The number of rotatable bonds is 5. The van der Waals surface area contributed by atoms with E-state index in [1.165, 1.54) is 12.8 Å². The zero-order valence-electron chi connectivity index (χ0n) is 13.4. The Balaban J connectivity index is 1.88. The summed E-state index contributed by atoms with van der Waals surface area (Å²) >= 11 is 0. The number of aryl methyl sites for hydroxylation is 1. The van der Waals surface area contributed by atoms with E-state index in [0.29, 0.717) is 13.1 Å². The van der Waals surface area contributed by atoms with E-state index in [4.69, 9.17) is 4.74 Å². The molecular formula is C14H26N6O. The molecule has 0 aromatic carbocycles. The van der Waals surface area contributed by atoms with Crippen molar-refractivity contribution in [1.29, 1.82) is 0 Å². The lowest BCUT2D eigenvalue weighted by Crippen LogP contribution is -2.45. The second-order valence-corrected chi connectivity index (χ2v) is 5.88. The van der Waals surface area contributed by atoms with Gasteiger partial charge in [0, 0.05) is 33.7 Å². The summed E-state index contributed by atoms with van der Waals surface area (Å²) in [4.78, 5) is 4.22. The van der Waals surface area contributed by atoms with Crippen LogP contribution >= 0.6 is 0 Å². The maximum Gasteiger partial charge on any atom is 0.191 e. The van der Waals surface area contributed by atoms with Crippen LogP contribution in [-0.2, 0) is 24.2 Å². The van der Waals surface area contributed by atoms with Gasteiger partial charge in [-0.05, 0) is 26.7 Å². The van der Waals surface area contributed by atoms with Crippen LogP contribution in [0.25, 0.3) is 0 Å². The van der Waals surface area contributed by atoms with E-state index in [1.54, 1.807) is 14.2 Å². The molecule has 0 atom stereocenters. The summed E-state index contributed by atoms with van der Waals surface area (Å²) in [5.41, 5.74) is -0.231. The standard InChI is InChI=1S/C14H26N6O/c1-14(2,21-4)10-17-13(15-3)16-9-12-19-18-11-7-5-6-8-20(11)12/h5-10H2,1-4H3,(H2,15,16,17). The molecule has 0 fully saturated rings. The Morgan fingerprint density at radius 3 is 2.86 bits per heavy atom. The van der Waals surface area contributed by atoms with Crippen molar-refractivity contribution in [2.24, 2.45) is 4.99 Å². The smallest absolute Gasteiger partial charge is 0.191 e. The fraction of sp³-hybridized carbons (Fsp3) is 0.786. The summed E-state index contributed by atoms with van der Waals surface area (Å²) < 4.78 is 7.60. The van der Waals surface area contributed by atoms with Crippen molar-refractivity contribution in [3.8, 4) is 0 Å². The highest BCUT2D eigenvalue weighted by atomic mass is 16.5. The fourth-order valence-electron chi connectivity index (χ4n) is 2.25. The molecule has 2 heterocycles. The zero-order chi connectivity index (χ0) is 15.3. The topological polar surface area (TPSA) is 76.4 Å². The van der Waals surface area contributed by atoms with Crippen LogP contribution in [-0.4, -0.2) is 47.0 Å². The lowest BCUT2D eigenvalue weighted by atomic mass is 10.1. The Labute approximate surface area is 126 Å². The molecule has 0 aliphatic carbocycles. The van der Waals surface area contributed by atoms with Gasteiger partial charge in [0.1, 0.15) is 5.82 Å². The molecule has 0 bridgehead atoms. The third kappa shape index (κ3) is 4.17. The van der Waals surface area contributed by atoms with Crippen LogP contribution in [0.1, 0.15) is 38.3 Å². The summed E-state index contributed by atoms with van der Waals surface area (Å²) in [6, 6.07) is 0. The van der Waals surface area contributed by atoms with Crippen LogP contribution in [0.5, 0.6) is 0 Å². The van der Waals surface area contributed by atoms with Gasteiger partial charge in [0.2, 0.25) is 0 Å². The Hall–Kier alpha value is -1.63. The molecule has 0 spiro atoms. The summed E-state index contributed by atoms with van der Waals surface area (Å²) in [7, 11) is 3.47. The van der Waals surface area contributed by atoms with Crippen molar-refractivity contribution >= 4 is 5.96 Å². The SMILES string of the molecule is CN=C(NCc1nnc2n1CCCC2)NCC(C)(C)OC. The highest BCUT2D eigenvalue weighted by molar-refractivity contribution is 5.79. The second kappa shape index (κ2) is 6.89. The Morgan fingerprint density at radius 1 is 1.33 bits per heavy atom. The van der Waals surface area contributed by atoms with Crippen LogP contribution in [0, 0.1) is 0 Å². The molecule has 2 N–H and O–H groups in total. The van der Waals surface area contributed by atoms with Gasteiger partial charge < -0.3 is 19.9 Å². The maximum atomic E-state index is 5.39. The van der Waals surface area contributed by atoms with E-state index in [-0.39, 0.29) is 5.60 Å². The van der Waals surface area contributed by atoms with Crippen molar-refractivity contribution < 1.29 is 4.74 Å². The number of fused-ring (bicyclic) bond motifs is 1. The molecule has 0 saturated carbocycles. The Bertz CT molecular complexity index is 494. The van der Waals surface area contributed by atoms with Gasteiger partial charge in [-0.15, -0.1) is 10.2 Å². The van der Waals surface area contributed by atoms with Gasteiger partial charge in [0.05, 0.1) is 12.1 Å². The first-order valence-electron chi connectivity index (χ1n) is 7.46. The summed E-state index contributed by atoms with van der Waals surface area (Å²) in [6.07, 6.45) is 3.44.